The summed E-state index contributed by atoms with van der Waals surface area (Å²) in [6.45, 7) is 0. The van der Waals surface area contributed by atoms with Gasteiger partial charge in [-0.3, -0.25) is 4.79 Å². The second kappa shape index (κ2) is 4.69. The summed E-state index contributed by atoms with van der Waals surface area (Å²) in [5.74, 6) is -1.76. The molecule has 1 aromatic carbocycles. The van der Waals surface area contributed by atoms with Crippen molar-refractivity contribution in [2.45, 2.75) is 0 Å². The molecule has 2 N–H and O–H groups in total. The molecule has 5 nitrogen and oxygen atoms in total. The van der Waals surface area contributed by atoms with Crippen molar-refractivity contribution in [1.29, 1.82) is 0 Å². The zero-order chi connectivity index (χ0) is 13.3. The summed E-state index contributed by atoms with van der Waals surface area (Å²) < 4.78 is 13.6. The Bertz CT molecular complexity index is 684. The van der Waals surface area contributed by atoms with Crippen LogP contribution in [0.5, 0.6) is 0 Å². The lowest BCUT2D eigenvalue weighted by Crippen LogP contribution is -2.18. The van der Waals surface area contributed by atoms with E-state index in [2.05, 4.69) is 25.9 Å². The Hall–Kier alpha value is -2.02. The summed E-state index contributed by atoms with van der Waals surface area (Å²) in [6, 6.07) is 3.90. The Balaban J connectivity index is 2.59. The normalized spacial score (nSPS) is 10.3. The molecule has 1 heterocycles. The highest BCUT2D eigenvalue weighted by atomic mass is 79.9. The second-order valence-electron chi connectivity index (χ2n) is 3.40. The van der Waals surface area contributed by atoms with Gasteiger partial charge in [0.15, 0.2) is 0 Å². The summed E-state index contributed by atoms with van der Waals surface area (Å²) in [5.41, 5.74) is -0.918. The topological polar surface area (TPSA) is 83.0 Å². The van der Waals surface area contributed by atoms with E-state index >= 15 is 0 Å². The van der Waals surface area contributed by atoms with Crippen molar-refractivity contribution >= 4 is 21.9 Å². The molecule has 0 amide bonds. The van der Waals surface area contributed by atoms with Gasteiger partial charge in [-0.25, -0.2) is 14.2 Å². The molecule has 0 bridgehead atoms. The van der Waals surface area contributed by atoms with Gasteiger partial charge in [0, 0.05) is 16.2 Å². The van der Waals surface area contributed by atoms with Crippen LogP contribution in [0.25, 0.3) is 11.4 Å². The van der Waals surface area contributed by atoms with Gasteiger partial charge in [0.2, 0.25) is 0 Å². The lowest BCUT2D eigenvalue weighted by atomic mass is 10.2. The maximum atomic E-state index is 13.1. The first-order valence-electron chi connectivity index (χ1n) is 4.77. The molecular formula is C11H6BrFN2O3. The molecule has 92 valence electrons. The highest BCUT2D eigenvalue weighted by Gasteiger charge is 2.12. The number of carboxylic acids is 1. The molecule has 0 spiro atoms. The average Bonchev–Trinajstić information content (AvgIpc) is 2.31. The lowest BCUT2D eigenvalue weighted by Gasteiger charge is -2.04. The third-order valence-electron chi connectivity index (χ3n) is 2.21. The van der Waals surface area contributed by atoms with Crippen LogP contribution in [0, 0.1) is 5.82 Å². The van der Waals surface area contributed by atoms with E-state index in [0.717, 1.165) is 6.20 Å². The van der Waals surface area contributed by atoms with Crippen molar-refractivity contribution in [2.75, 3.05) is 0 Å². The highest BCUT2D eigenvalue weighted by Crippen LogP contribution is 2.25. The predicted molar refractivity (Wildman–Crippen MR) is 64.9 cm³/mol. The molecule has 18 heavy (non-hydrogen) atoms. The van der Waals surface area contributed by atoms with Gasteiger partial charge in [-0.05, 0) is 18.2 Å². The third-order valence-corrected chi connectivity index (χ3v) is 2.90. The Labute approximate surface area is 108 Å². The number of nitrogens with zero attached hydrogens (tertiary/aromatic N) is 1. The molecule has 0 unspecified atom stereocenters. The number of nitrogens with one attached hydrogen (secondary N) is 1. The number of halogens is 2. The Morgan fingerprint density at radius 2 is 2.17 bits per heavy atom. The predicted octanol–water partition coefficient (Wildman–Crippen LogP) is 2.04. The standard InChI is InChI=1S/C11H6BrFN2O3/c12-8-2-1-5(13)3-6(8)9-14-4-7(11(17)18)10(16)15-9/h1-4H,(H,17,18)(H,14,15,16). The van der Waals surface area contributed by atoms with Crippen LogP contribution < -0.4 is 5.56 Å². The number of hydrogen-bond donors (Lipinski definition) is 2. The van der Waals surface area contributed by atoms with Gasteiger partial charge < -0.3 is 10.1 Å². The molecule has 0 radical (unpaired) electrons. The van der Waals surface area contributed by atoms with E-state index in [1.165, 1.54) is 18.2 Å². The molecule has 0 saturated carbocycles. The van der Waals surface area contributed by atoms with E-state index in [-0.39, 0.29) is 5.82 Å². The number of hydrogen-bond acceptors (Lipinski definition) is 3. The molecule has 0 saturated heterocycles. The van der Waals surface area contributed by atoms with E-state index in [0.29, 0.717) is 10.0 Å². The van der Waals surface area contributed by atoms with Crippen LogP contribution in [0.2, 0.25) is 0 Å². The molecule has 1 aromatic heterocycles. The van der Waals surface area contributed by atoms with E-state index in [1.54, 1.807) is 0 Å². The number of carboxylic acid groups (broad SMARTS) is 1. The minimum atomic E-state index is -1.37. The van der Waals surface area contributed by atoms with Crippen molar-refractivity contribution in [3.8, 4) is 11.4 Å². The molecule has 2 rings (SSSR count). The van der Waals surface area contributed by atoms with Crippen LogP contribution in [0.1, 0.15) is 10.4 Å². The number of H-pyrrole nitrogens is 1. The number of aromatic amines is 1. The Kier molecular flexibility index (Phi) is 3.24. The summed E-state index contributed by atoms with van der Waals surface area (Å²) in [4.78, 5) is 28.2. The first-order valence-corrected chi connectivity index (χ1v) is 5.56. The number of rotatable bonds is 2. The summed E-state index contributed by atoms with van der Waals surface area (Å²) in [7, 11) is 0. The fourth-order valence-electron chi connectivity index (χ4n) is 1.36. The molecule has 2 aromatic rings. The minimum absolute atomic E-state index is 0.0939. The Morgan fingerprint density at radius 1 is 1.44 bits per heavy atom. The fraction of sp³-hybridized carbons (Fsp3) is 0. The molecule has 0 aliphatic carbocycles. The van der Waals surface area contributed by atoms with E-state index < -0.39 is 22.9 Å². The van der Waals surface area contributed by atoms with E-state index in [1.807, 2.05) is 0 Å². The third kappa shape index (κ3) is 2.30. The summed E-state index contributed by atoms with van der Waals surface area (Å²) >= 11 is 3.19. The number of carbonyl (C=O) groups is 1. The van der Waals surface area contributed by atoms with Crippen molar-refractivity contribution < 1.29 is 14.3 Å². The van der Waals surface area contributed by atoms with Crippen LogP contribution in [0.4, 0.5) is 4.39 Å². The fourth-order valence-corrected chi connectivity index (χ4v) is 1.80. The van der Waals surface area contributed by atoms with Gasteiger partial charge in [-0.1, -0.05) is 15.9 Å². The zero-order valence-electron chi connectivity index (χ0n) is 8.78. The molecule has 7 heteroatoms. The van der Waals surface area contributed by atoms with Gasteiger partial charge in [0.25, 0.3) is 5.56 Å². The van der Waals surface area contributed by atoms with Crippen molar-refractivity contribution in [2.24, 2.45) is 0 Å². The van der Waals surface area contributed by atoms with Crippen LogP contribution in [-0.4, -0.2) is 21.0 Å². The first-order chi connectivity index (χ1) is 8.49. The second-order valence-corrected chi connectivity index (χ2v) is 4.26. The largest absolute Gasteiger partial charge is 0.477 e. The monoisotopic (exact) mass is 312 g/mol. The van der Waals surface area contributed by atoms with Gasteiger partial charge >= 0.3 is 5.97 Å². The Morgan fingerprint density at radius 3 is 2.78 bits per heavy atom. The van der Waals surface area contributed by atoms with Gasteiger partial charge in [-0.15, -0.1) is 0 Å². The number of aromatic carboxylic acids is 1. The molecule has 0 fully saturated rings. The lowest BCUT2D eigenvalue weighted by molar-refractivity contribution is 0.0694. The maximum Gasteiger partial charge on any atom is 0.342 e. The van der Waals surface area contributed by atoms with Gasteiger partial charge in [0.1, 0.15) is 17.2 Å². The molecule has 0 aliphatic rings. The molecule has 0 aliphatic heterocycles. The van der Waals surface area contributed by atoms with Crippen LogP contribution in [0.15, 0.2) is 33.7 Å². The smallest absolute Gasteiger partial charge is 0.342 e. The van der Waals surface area contributed by atoms with Crippen LogP contribution >= 0.6 is 15.9 Å². The van der Waals surface area contributed by atoms with Crippen molar-refractivity contribution in [1.82, 2.24) is 9.97 Å². The first kappa shape index (κ1) is 12.4. The van der Waals surface area contributed by atoms with Crippen LogP contribution in [-0.2, 0) is 0 Å². The average molecular weight is 313 g/mol. The van der Waals surface area contributed by atoms with E-state index in [9.17, 15) is 14.0 Å². The highest BCUT2D eigenvalue weighted by molar-refractivity contribution is 9.10. The van der Waals surface area contributed by atoms with Crippen molar-refractivity contribution in [3.05, 3.63) is 50.6 Å². The number of aromatic nitrogens is 2. The summed E-state index contributed by atoms with van der Waals surface area (Å²) in [6.07, 6.45) is 0.938. The SMILES string of the molecule is O=C(O)c1cnc(-c2cc(F)ccc2Br)[nH]c1=O. The van der Waals surface area contributed by atoms with Gasteiger partial charge in [0.05, 0.1) is 0 Å². The van der Waals surface area contributed by atoms with Gasteiger partial charge in [-0.2, -0.15) is 0 Å². The maximum absolute atomic E-state index is 13.1. The van der Waals surface area contributed by atoms with E-state index in [4.69, 9.17) is 5.11 Å². The quantitative estimate of drug-likeness (QED) is 0.889. The van der Waals surface area contributed by atoms with Crippen LogP contribution in [0.3, 0.4) is 0 Å². The molecular weight excluding hydrogens is 307 g/mol. The number of benzene rings is 1. The summed E-state index contributed by atoms with van der Waals surface area (Å²) in [5, 5.41) is 8.70. The minimum Gasteiger partial charge on any atom is -0.477 e. The van der Waals surface area contributed by atoms with Crippen molar-refractivity contribution in [3.63, 3.8) is 0 Å². The zero-order valence-corrected chi connectivity index (χ0v) is 10.4. The molecule has 0 atom stereocenters.